The molecule has 0 unspecified atom stereocenters. The lowest BCUT2D eigenvalue weighted by Gasteiger charge is -2.15. The third kappa shape index (κ3) is 1.80. The van der Waals surface area contributed by atoms with Crippen molar-refractivity contribution >= 4 is 11.9 Å². The largest absolute Gasteiger partial charge is 0.481 e. The molecular weight excluding hydrogens is 208 g/mol. The zero-order valence-electron chi connectivity index (χ0n) is 9.09. The van der Waals surface area contributed by atoms with Crippen molar-refractivity contribution in [3.8, 4) is 0 Å². The van der Waals surface area contributed by atoms with Gasteiger partial charge in [-0.05, 0) is 18.6 Å². The van der Waals surface area contributed by atoms with E-state index in [9.17, 15) is 9.59 Å². The number of aromatic nitrogens is 1. The summed E-state index contributed by atoms with van der Waals surface area (Å²) in [5, 5.41) is 8.85. The summed E-state index contributed by atoms with van der Waals surface area (Å²) < 4.78 is 1.75. The first-order chi connectivity index (χ1) is 7.59. The molecule has 0 saturated carbocycles. The van der Waals surface area contributed by atoms with E-state index in [1.54, 1.807) is 34.8 Å². The normalized spacial score (nSPS) is 20.1. The van der Waals surface area contributed by atoms with Gasteiger partial charge in [-0.1, -0.05) is 0 Å². The number of hydrogen-bond donors (Lipinski definition) is 1. The van der Waals surface area contributed by atoms with Crippen LogP contribution in [0.3, 0.4) is 0 Å². The summed E-state index contributed by atoms with van der Waals surface area (Å²) in [6, 6.07) is 3.55. The lowest BCUT2D eigenvalue weighted by Crippen LogP contribution is -2.31. The molecule has 0 aliphatic carbocycles. The van der Waals surface area contributed by atoms with Crippen molar-refractivity contribution in [3.63, 3.8) is 0 Å². The highest BCUT2D eigenvalue weighted by Gasteiger charge is 2.31. The highest BCUT2D eigenvalue weighted by molar-refractivity contribution is 5.93. The Kier molecular flexibility index (Phi) is 2.68. The molecule has 5 nitrogen and oxygen atoms in total. The van der Waals surface area contributed by atoms with Gasteiger partial charge in [0.1, 0.15) is 5.69 Å². The Balaban J connectivity index is 2.08. The molecule has 5 heteroatoms. The van der Waals surface area contributed by atoms with Crippen LogP contribution in [0.5, 0.6) is 0 Å². The molecule has 1 aromatic rings. The number of likely N-dealkylation sites (tertiary alicyclic amines) is 1. The van der Waals surface area contributed by atoms with Crippen LogP contribution in [-0.2, 0) is 11.8 Å². The molecule has 86 valence electrons. The van der Waals surface area contributed by atoms with Crippen LogP contribution in [0.4, 0.5) is 0 Å². The van der Waals surface area contributed by atoms with E-state index in [-0.39, 0.29) is 5.91 Å². The Morgan fingerprint density at radius 2 is 2.25 bits per heavy atom. The number of carbonyl (C=O) groups is 2. The van der Waals surface area contributed by atoms with E-state index in [1.807, 2.05) is 0 Å². The third-order valence-electron chi connectivity index (χ3n) is 2.99. The Morgan fingerprint density at radius 1 is 1.50 bits per heavy atom. The first-order valence-corrected chi connectivity index (χ1v) is 5.23. The van der Waals surface area contributed by atoms with Crippen LogP contribution in [0.15, 0.2) is 18.3 Å². The number of carboxylic acid groups (broad SMARTS) is 1. The van der Waals surface area contributed by atoms with Gasteiger partial charge in [0.2, 0.25) is 0 Å². The number of carboxylic acids is 1. The van der Waals surface area contributed by atoms with E-state index in [2.05, 4.69) is 0 Å². The van der Waals surface area contributed by atoms with E-state index in [0.29, 0.717) is 25.2 Å². The lowest BCUT2D eigenvalue weighted by molar-refractivity contribution is -0.141. The fraction of sp³-hybridized carbons (Fsp3) is 0.455. The van der Waals surface area contributed by atoms with Crippen LogP contribution in [-0.4, -0.2) is 39.5 Å². The van der Waals surface area contributed by atoms with E-state index in [4.69, 9.17) is 5.11 Å². The minimum Gasteiger partial charge on any atom is -0.481 e. The number of rotatable bonds is 2. The smallest absolute Gasteiger partial charge is 0.308 e. The fourth-order valence-corrected chi connectivity index (χ4v) is 1.99. The number of aliphatic carboxylic acids is 1. The standard InChI is InChI=1S/C11H14N2O3/c1-12-5-2-3-9(12)10(14)13-6-4-8(7-13)11(15)16/h2-3,5,8H,4,6-7H2,1H3,(H,15,16)/t8-/m1/s1. The molecule has 1 N–H and O–H groups in total. The topological polar surface area (TPSA) is 62.5 Å². The molecule has 1 aromatic heterocycles. The summed E-state index contributed by atoms with van der Waals surface area (Å²) in [5.41, 5.74) is 0.603. The van der Waals surface area contributed by atoms with Gasteiger partial charge in [-0.25, -0.2) is 0 Å². The maximum Gasteiger partial charge on any atom is 0.308 e. The van der Waals surface area contributed by atoms with Crippen LogP contribution < -0.4 is 0 Å². The average Bonchev–Trinajstić information content (AvgIpc) is 2.84. The van der Waals surface area contributed by atoms with Crippen molar-refractivity contribution in [2.24, 2.45) is 13.0 Å². The number of amides is 1. The first-order valence-electron chi connectivity index (χ1n) is 5.23. The van der Waals surface area contributed by atoms with Crippen LogP contribution in [0.2, 0.25) is 0 Å². The van der Waals surface area contributed by atoms with E-state index in [1.165, 1.54) is 0 Å². The maximum absolute atomic E-state index is 12.0. The molecule has 1 fully saturated rings. The van der Waals surface area contributed by atoms with Crippen LogP contribution in [0, 0.1) is 5.92 Å². The minimum atomic E-state index is -0.817. The summed E-state index contributed by atoms with van der Waals surface area (Å²) in [6.45, 7) is 0.848. The lowest BCUT2D eigenvalue weighted by atomic mass is 10.1. The summed E-state index contributed by atoms with van der Waals surface area (Å²) in [6.07, 6.45) is 2.35. The van der Waals surface area contributed by atoms with Gasteiger partial charge in [-0.2, -0.15) is 0 Å². The van der Waals surface area contributed by atoms with E-state index in [0.717, 1.165) is 0 Å². The fourth-order valence-electron chi connectivity index (χ4n) is 1.99. The number of carbonyl (C=O) groups excluding carboxylic acids is 1. The Labute approximate surface area is 93.3 Å². The summed E-state index contributed by atoms with van der Waals surface area (Å²) in [4.78, 5) is 24.4. The predicted octanol–water partition coefficient (Wildman–Crippen LogP) is 0.572. The molecule has 2 rings (SSSR count). The quantitative estimate of drug-likeness (QED) is 0.795. The molecule has 2 heterocycles. The molecule has 0 radical (unpaired) electrons. The molecular formula is C11H14N2O3. The highest BCUT2D eigenvalue weighted by Crippen LogP contribution is 2.18. The van der Waals surface area contributed by atoms with Gasteiger partial charge in [0.25, 0.3) is 5.91 Å². The van der Waals surface area contributed by atoms with Gasteiger partial charge in [0.15, 0.2) is 0 Å². The zero-order valence-corrected chi connectivity index (χ0v) is 9.09. The van der Waals surface area contributed by atoms with Gasteiger partial charge < -0.3 is 14.6 Å². The monoisotopic (exact) mass is 222 g/mol. The van der Waals surface area contributed by atoms with Crippen molar-refractivity contribution in [2.45, 2.75) is 6.42 Å². The van der Waals surface area contributed by atoms with Crippen molar-refractivity contribution in [2.75, 3.05) is 13.1 Å². The van der Waals surface area contributed by atoms with Crippen molar-refractivity contribution in [1.82, 2.24) is 9.47 Å². The van der Waals surface area contributed by atoms with Crippen LogP contribution >= 0.6 is 0 Å². The van der Waals surface area contributed by atoms with Crippen molar-refractivity contribution < 1.29 is 14.7 Å². The molecule has 0 bridgehead atoms. The predicted molar refractivity (Wildman–Crippen MR) is 57.1 cm³/mol. The minimum absolute atomic E-state index is 0.0868. The van der Waals surface area contributed by atoms with Gasteiger partial charge in [-0.3, -0.25) is 9.59 Å². The second-order valence-corrected chi connectivity index (χ2v) is 4.08. The Morgan fingerprint density at radius 3 is 2.75 bits per heavy atom. The third-order valence-corrected chi connectivity index (χ3v) is 2.99. The SMILES string of the molecule is Cn1cccc1C(=O)N1CC[C@@H](C(=O)O)C1. The number of hydrogen-bond acceptors (Lipinski definition) is 2. The molecule has 0 spiro atoms. The van der Waals surface area contributed by atoms with Gasteiger partial charge in [-0.15, -0.1) is 0 Å². The molecule has 1 aliphatic heterocycles. The molecule has 16 heavy (non-hydrogen) atoms. The maximum atomic E-state index is 12.0. The summed E-state index contributed by atoms with van der Waals surface area (Å²) >= 11 is 0. The van der Waals surface area contributed by atoms with E-state index < -0.39 is 11.9 Å². The molecule has 1 amide bonds. The first kappa shape index (κ1) is 10.7. The number of aryl methyl sites for hydroxylation is 1. The molecule has 1 saturated heterocycles. The van der Waals surface area contributed by atoms with Crippen molar-refractivity contribution in [3.05, 3.63) is 24.0 Å². The summed E-state index contributed by atoms with van der Waals surface area (Å²) in [5.74, 6) is -1.32. The highest BCUT2D eigenvalue weighted by atomic mass is 16.4. The second kappa shape index (κ2) is 4.00. The van der Waals surface area contributed by atoms with Crippen molar-refractivity contribution in [1.29, 1.82) is 0 Å². The van der Waals surface area contributed by atoms with Gasteiger partial charge in [0, 0.05) is 26.3 Å². The second-order valence-electron chi connectivity index (χ2n) is 4.08. The van der Waals surface area contributed by atoms with Gasteiger partial charge in [0.05, 0.1) is 5.92 Å². The van der Waals surface area contributed by atoms with E-state index >= 15 is 0 Å². The average molecular weight is 222 g/mol. The van der Waals surface area contributed by atoms with Crippen LogP contribution in [0.25, 0.3) is 0 Å². The molecule has 0 aromatic carbocycles. The summed E-state index contributed by atoms with van der Waals surface area (Å²) in [7, 11) is 1.80. The Hall–Kier alpha value is -1.78. The van der Waals surface area contributed by atoms with Crippen LogP contribution in [0.1, 0.15) is 16.9 Å². The molecule has 1 atom stereocenters. The Bertz CT molecular complexity index is 425. The number of nitrogens with zero attached hydrogens (tertiary/aromatic N) is 2. The molecule has 1 aliphatic rings. The van der Waals surface area contributed by atoms with Gasteiger partial charge >= 0.3 is 5.97 Å². The zero-order chi connectivity index (χ0) is 11.7.